The van der Waals surface area contributed by atoms with Gasteiger partial charge >= 0.3 is 0 Å². The number of hydrogen-bond donors (Lipinski definition) is 2. The first-order valence-electron chi connectivity index (χ1n) is 5.92. The molecule has 7 heteroatoms. The van der Waals surface area contributed by atoms with E-state index in [1.807, 2.05) is 13.8 Å². The Labute approximate surface area is 121 Å². The van der Waals surface area contributed by atoms with Gasteiger partial charge in [0.15, 0.2) is 0 Å². The van der Waals surface area contributed by atoms with Crippen molar-refractivity contribution in [3.05, 3.63) is 28.2 Å². The van der Waals surface area contributed by atoms with E-state index in [-0.39, 0.29) is 22.4 Å². The van der Waals surface area contributed by atoms with E-state index in [9.17, 15) is 13.2 Å². The summed E-state index contributed by atoms with van der Waals surface area (Å²) in [5.41, 5.74) is 0.262. The first-order valence-corrected chi connectivity index (χ1v) is 8.26. The maximum absolute atomic E-state index is 12.1. The molecule has 1 aromatic carbocycles. The van der Waals surface area contributed by atoms with Gasteiger partial charge in [0.1, 0.15) is 0 Å². The Hall–Kier alpha value is -0.920. The summed E-state index contributed by atoms with van der Waals surface area (Å²) in [6.45, 7) is 3.95. The lowest BCUT2D eigenvalue weighted by molar-refractivity contribution is 0.0934. The van der Waals surface area contributed by atoms with Gasteiger partial charge in [-0.05, 0) is 47.0 Å². The van der Waals surface area contributed by atoms with Crippen LogP contribution < -0.4 is 10.5 Å². The van der Waals surface area contributed by atoms with Crippen molar-refractivity contribution in [2.45, 2.75) is 37.6 Å². The van der Waals surface area contributed by atoms with Gasteiger partial charge < -0.3 is 5.32 Å². The van der Waals surface area contributed by atoms with Crippen molar-refractivity contribution in [2.24, 2.45) is 5.14 Å². The molecule has 0 atom stereocenters. The summed E-state index contributed by atoms with van der Waals surface area (Å²) in [7, 11) is -3.82. The van der Waals surface area contributed by atoms with Crippen LogP contribution in [0.2, 0.25) is 0 Å². The first kappa shape index (κ1) is 16.1. The smallest absolute Gasteiger partial charge is 0.252 e. The molecular weight excluding hydrogens is 332 g/mol. The number of rotatable bonds is 5. The van der Waals surface area contributed by atoms with Crippen molar-refractivity contribution in [3.8, 4) is 0 Å². The summed E-state index contributed by atoms with van der Waals surface area (Å²) in [5.74, 6) is -0.314. The average molecular weight is 349 g/mol. The molecule has 3 N–H and O–H groups in total. The molecule has 0 bridgehead atoms. The summed E-state index contributed by atoms with van der Waals surface area (Å²) in [5, 5.41) is 7.90. The van der Waals surface area contributed by atoms with Crippen molar-refractivity contribution >= 4 is 31.9 Å². The van der Waals surface area contributed by atoms with Crippen molar-refractivity contribution < 1.29 is 13.2 Å². The number of hydrogen-bond acceptors (Lipinski definition) is 3. The number of amides is 1. The van der Waals surface area contributed by atoms with Gasteiger partial charge in [0.2, 0.25) is 10.0 Å². The molecule has 0 unspecified atom stereocenters. The Bertz CT molecular complexity index is 568. The lowest BCUT2D eigenvalue weighted by atomic mass is 10.1. The average Bonchev–Trinajstić information content (AvgIpc) is 2.34. The van der Waals surface area contributed by atoms with Crippen LogP contribution in [0.1, 0.15) is 37.0 Å². The van der Waals surface area contributed by atoms with Gasteiger partial charge in [-0.2, -0.15) is 0 Å². The van der Waals surface area contributed by atoms with Crippen molar-refractivity contribution in [1.29, 1.82) is 0 Å². The van der Waals surface area contributed by atoms with E-state index in [0.717, 1.165) is 12.8 Å². The van der Waals surface area contributed by atoms with E-state index in [1.165, 1.54) is 18.2 Å². The molecule has 0 saturated carbocycles. The van der Waals surface area contributed by atoms with Gasteiger partial charge in [-0.3, -0.25) is 4.79 Å². The molecule has 1 aromatic rings. The van der Waals surface area contributed by atoms with Crippen LogP contribution in [0, 0.1) is 0 Å². The molecule has 0 saturated heterocycles. The van der Waals surface area contributed by atoms with E-state index in [2.05, 4.69) is 21.2 Å². The number of carbonyl (C=O) groups excluding carboxylic acids is 1. The second-order valence-corrected chi connectivity index (χ2v) is 6.59. The molecule has 5 nitrogen and oxygen atoms in total. The molecule has 1 amide bonds. The van der Waals surface area contributed by atoms with Crippen LogP contribution in [0.15, 0.2) is 27.6 Å². The molecule has 0 aliphatic carbocycles. The number of primary sulfonamides is 1. The second kappa shape index (κ2) is 6.49. The molecule has 0 heterocycles. The molecule has 0 fully saturated rings. The predicted octanol–water partition coefficient (Wildman–Crippen LogP) is 2.01. The quantitative estimate of drug-likeness (QED) is 0.852. The summed E-state index contributed by atoms with van der Waals surface area (Å²) < 4.78 is 23.1. The van der Waals surface area contributed by atoms with Crippen LogP contribution in [0.5, 0.6) is 0 Å². The molecule has 0 aliphatic rings. The van der Waals surface area contributed by atoms with Gasteiger partial charge in [0, 0.05) is 10.5 Å². The van der Waals surface area contributed by atoms with Crippen molar-refractivity contribution in [2.75, 3.05) is 0 Å². The predicted molar refractivity (Wildman–Crippen MR) is 77.4 cm³/mol. The Morgan fingerprint density at radius 3 is 2.42 bits per heavy atom. The number of halogens is 1. The Kier molecular flexibility index (Phi) is 5.51. The van der Waals surface area contributed by atoms with Crippen LogP contribution in [0.25, 0.3) is 0 Å². The van der Waals surface area contributed by atoms with Gasteiger partial charge in [-0.1, -0.05) is 13.8 Å². The van der Waals surface area contributed by atoms with Crippen LogP contribution in [0.3, 0.4) is 0 Å². The zero-order valence-corrected chi connectivity index (χ0v) is 13.2. The Balaban J connectivity index is 3.09. The fraction of sp³-hybridized carbons (Fsp3) is 0.417. The summed E-state index contributed by atoms with van der Waals surface area (Å²) in [6.07, 6.45) is 1.63. The normalized spacial score (nSPS) is 11.6. The highest BCUT2D eigenvalue weighted by molar-refractivity contribution is 9.10. The molecule has 1 rings (SSSR count). The number of sulfonamides is 1. The van der Waals surface area contributed by atoms with E-state index in [0.29, 0.717) is 4.47 Å². The molecule has 0 aromatic heterocycles. The molecular formula is C12H17BrN2O3S. The number of carbonyl (C=O) groups is 1. The summed E-state index contributed by atoms with van der Waals surface area (Å²) in [4.78, 5) is 12.0. The lowest BCUT2D eigenvalue weighted by Gasteiger charge is -2.15. The highest BCUT2D eigenvalue weighted by atomic mass is 79.9. The SMILES string of the molecule is CCC(CC)NC(=O)c1cc(S(N)(=O)=O)ccc1Br. The van der Waals surface area contributed by atoms with E-state index >= 15 is 0 Å². The zero-order valence-electron chi connectivity index (χ0n) is 10.8. The Morgan fingerprint density at radius 2 is 1.95 bits per heavy atom. The van der Waals surface area contributed by atoms with Gasteiger partial charge in [-0.25, -0.2) is 13.6 Å². The van der Waals surface area contributed by atoms with Gasteiger partial charge in [0.25, 0.3) is 5.91 Å². The monoisotopic (exact) mass is 348 g/mol. The fourth-order valence-corrected chi connectivity index (χ4v) is 2.58. The Morgan fingerprint density at radius 1 is 1.37 bits per heavy atom. The van der Waals surface area contributed by atoms with E-state index in [1.54, 1.807) is 0 Å². The molecule has 0 radical (unpaired) electrons. The van der Waals surface area contributed by atoms with Crippen LogP contribution in [-0.4, -0.2) is 20.4 Å². The number of benzene rings is 1. The van der Waals surface area contributed by atoms with Crippen LogP contribution in [0.4, 0.5) is 0 Å². The third-order valence-electron chi connectivity index (χ3n) is 2.83. The maximum Gasteiger partial charge on any atom is 0.252 e. The highest BCUT2D eigenvalue weighted by Crippen LogP contribution is 2.20. The van der Waals surface area contributed by atoms with Gasteiger partial charge in [-0.15, -0.1) is 0 Å². The van der Waals surface area contributed by atoms with E-state index in [4.69, 9.17) is 5.14 Å². The lowest BCUT2D eigenvalue weighted by Crippen LogP contribution is -2.34. The topological polar surface area (TPSA) is 89.3 Å². The minimum atomic E-state index is -3.82. The molecule has 0 aliphatic heterocycles. The fourth-order valence-electron chi connectivity index (χ4n) is 1.61. The largest absolute Gasteiger partial charge is 0.349 e. The van der Waals surface area contributed by atoms with Crippen molar-refractivity contribution in [1.82, 2.24) is 5.32 Å². The number of nitrogens with two attached hydrogens (primary N) is 1. The standard InChI is InChI=1S/C12H17BrN2O3S/c1-3-8(4-2)15-12(16)10-7-9(19(14,17)18)5-6-11(10)13/h5-8H,3-4H2,1-2H3,(H,15,16)(H2,14,17,18). The molecule has 106 valence electrons. The van der Waals surface area contributed by atoms with E-state index < -0.39 is 10.0 Å². The summed E-state index contributed by atoms with van der Waals surface area (Å²) >= 11 is 3.24. The van der Waals surface area contributed by atoms with Gasteiger partial charge in [0.05, 0.1) is 10.5 Å². The zero-order chi connectivity index (χ0) is 14.6. The summed E-state index contributed by atoms with van der Waals surface area (Å²) in [6, 6.07) is 4.20. The molecule has 19 heavy (non-hydrogen) atoms. The number of nitrogens with one attached hydrogen (secondary N) is 1. The third kappa shape index (κ3) is 4.29. The minimum Gasteiger partial charge on any atom is -0.349 e. The minimum absolute atomic E-state index is 0.0672. The molecule has 0 spiro atoms. The highest BCUT2D eigenvalue weighted by Gasteiger charge is 2.17. The van der Waals surface area contributed by atoms with Crippen LogP contribution in [-0.2, 0) is 10.0 Å². The van der Waals surface area contributed by atoms with Crippen LogP contribution >= 0.6 is 15.9 Å². The first-order chi connectivity index (χ1) is 8.79. The second-order valence-electron chi connectivity index (χ2n) is 4.17. The van der Waals surface area contributed by atoms with Crippen molar-refractivity contribution in [3.63, 3.8) is 0 Å². The maximum atomic E-state index is 12.1. The third-order valence-corrected chi connectivity index (χ3v) is 4.43.